The van der Waals surface area contributed by atoms with E-state index in [2.05, 4.69) is 10.1 Å². The summed E-state index contributed by atoms with van der Waals surface area (Å²) in [6, 6.07) is 6.95. The quantitative estimate of drug-likeness (QED) is 0.543. The van der Waals surface area contributed by atoms with Gasteiger partial charge < -0.3 is 19.1 Å². The molecule has 2 fully saturated rings. The van der Waals surface area contributed by atoms with E-state index in [1.54, 1.807) is 29.0 Å². The molecule has 2 aliphatic rings. The zero-order chi connectivity index (χ0) is 23.9. The van der Waals surface area contributed by atoms with Gasteiger partial charge in [0.25, 0.3) is 0 Å². The number of rotatable bonds is 8. The van der Waals surface area contributed by atoms with Gasteiger partial charge in [0.15, 0.2) is 0 Å². The molecular weight excluding hydrogens is 456 g/mol. The Morgan fingerprint density at radius 3 is 2.59 bits per heavy atom. The molecular formula is C25H33ClN4O4. The minimum atomic E-state index is -0.288. The second kappa shape index (κ2) is 11.8. The summed E-state index contributed by atoms with van der Waals surface area (Å²) in [5.41, 5.74) is 0.803. The van der Waals surface area contributed by atoms with E-state index in [-0.39, 0.29) is 30.3 Å². The van der Waals surface area contributed by atoms with Gasteiger partial charge in [-0.3, -0.25) is 9.59 Å². The van der Waals surface area contributed by atoms with Gasteiger partial charge >= 0.3 is 0 Å². The molecule has 1 saturated heterocycles. The maximum absolute atomic E-state index is 13.4. The summed E-state index contributed by atoms with van der Waals surface area (Å²) in [4.78, 5) is 34.7. The summed E-state index contributed by atoms with van der Waals surface area (Å²) < 4.78 is 10.8. The summed E-state index contributed by atoms with van der Waals surface area (Å²) in [7, 11) is 1.61. The highest BCUT2D eigenvalue weighted by atomic mass is 35.5. The van der Waals surface area contributed by atoms with Crippen LogP contribution < -0.4 is 0 Å². The van der Waals surface area contributed by atoms with E-state index < -0.39 is 0 Å². The van der Waals surface area contributed by atoms with E-state index in [1.807, 2.05) is 12.1 Å². The van der Waals surface area contributed by atoms with Crippen molar-refractivity contribution in [1.29, 1.82) is 0 Å². The zero-order valence-corrected chi connectivity index (χ0v) is 20.5. The average molecular weight is 489 g/mol. The third kappa shape index (κ3) is 5.96. The molecule has 34 heavy (non-hydrogen) atoms. The fourth-order valence-electron chi connectivity index (χ4n) is 4.90. The van der Waals surface area contributed by atoms with Crippen LogP contribution in [0.2, 0.25) is 5.02 Å². The van der Waals surface area contributed by atoms with Gasteiger partial charge in [0.05, 0.1) is 13.2 Å². The first-order valence-electron chi connectivity index (χ1n) is 12.2. The maximum atomic E-state index is 13.4. The molecule has 9 heteroatoms. The van der Waals surface area contributed by atoms with Crippen LogP contribution in [0, 0.1) is 5.92 Å². The van der Waals surface area contributed by atoms with Gasteiger partial charge in [-0.05, 0) is 56.4 Å². The van der Waals surface area contributed by atoms with E-state index in [9.17, 15) is 9.59 Å². The van der Waals surface area contributed by atoms with Crippen molar-refractivity contribution in [2.45, 2.75) is 57.4 Å². The standard InChI is InChI=1S/C25H33ClN4O4/c1-33-16-15-29(25(32)19-7-3-2-4-8-19)17-22(31)30-14-6-5-9-21(30)24-27-23(28-34-24)18-10-12-20(26)13-11-18/h10-13,19,21H,2-9,14-17H2,1H3. The molecule has 1 aliphatic heterocycles. The number of ether oxygens (including phenoxy) is 1. The lowest BCUT2D eigenvalue weighted by molar-refractivity contribution is -0.146. The monoisotopic (exact) mass is 488 g/mol. The van der Waals surface area contributed by atoms with Crippen LogP contribution in [-0.2, 0) is 14.3 Å². The molecule has 1 aromatic heterocycles. The number of aromatic nitrogens is 2. The number of piperidine rings is 1. The first kappa shape index (κ1) is 24.7. The fourth-order valence-corrected chi connectivity index (χ4v) is 5.03. The van der Waals surface area contributed by atoms with Gasteiger partial charge in [0.2, 0.25) is 23.5 Å². The first-order chi connectivity index (χ1) is 16.6. The fraction of sp³-hybridized carbons (Fsp3) is 0.600. The number of carbonyl (C=O) groups excluding carboxylic acids is 2. The van der Waals surface area contributed by atoms with Crippen molar-refractivity contribution in [3.8, 4) is 11.4 Å². The number of carbonyl (C=O) groups is 2. The van der Waals surface area contributed by atoms with Crippen molar-refractivity contribution in [3.63, 3.8) is 0 Å². The SMILES string of the molecule is COCCN(CC(=O)N1CCCCC1c1nc(-c2ccc(Cl)cc2)no1)C(=O)C1CCCCC1. The highest BCUT2D eigenvalue weighted by Crippen LogP contribution is 2.32. The Morgan fingerprint density at radius 2 is 1.85 bits per heavy atom. The Bertz CT molecular complexity index is 958. The first-order valence-corrected chi connectivity index (χ1v) is 12.6. The molecule has 1 unspecified atom stereocenters. The van der Waals surface area contributed by atoms with Crippen LogP contribution in [0.4, 0.5) is 0 Å². The van der Waals surface area contributed by atoms with E-state index in [0.29, 0.717) is 36.4 Å². The maximum Gasteiger partial charge on any atom is 0.249 e. The number of halogens is 1. The Hall–Kier alpha value is -2.45. The van der Waals surface area contributed by atoms with E-state index in [1.165, 1.54) is 6.42 Å². The highest BCUT2D eigenvalue weighted by molar-refractivity contribution is 6.30. The molecule has 0 radical (unpaired) electrons. The second-order valence-electron chi connectivity index (χ2n) is 9.15. The molecule has 184 valence electrons. The summed E-state index contributed by atoms with van der Waals surface area (Å²) in [5.74, 6) is 0.894. The number of hydrogen-bond acceptors (Lipinski definition) is 6. The predicted molar refractivity (Wildman–Crippen MR) is 128 cm³/mol. The van der Waals surface area contributed by atoms with Crippen molar-refractivity contribution in [1.82, 2.24) is 19.9 Å². The lowest BCUT2D eigenvalue weighted by atomic mass is 9.88. The van der Waals surface area contributed by atoms with Gasteiger partial charge in [-0.25, -0.2) is 0 Å². The van der Waals surface area contributed by atoms with Crippen molar-refractivity contribution in [2.24, 2.45) is 5.92 Å². The Morgan fingerprint density at radius 1 is 1.12 bits per heavy atom. The molecule has 2 aromatic rings. The Kier molecular flexibility index (Phi) is 8.56. The van der Waals surface area contributed by atoms with Crippen molar-refractivity contribution in [3.05, 3.63) is 35.2 Å². The van der Waals surface area contributed by atoms with Crippen molar-refractivity contribution in [2.75, 3.05) is 33.4 Å². The van der Waals surface area contributed by atoms with Crippen LogP contribution in [0.1, 0.15) is 63.3 Å². The number of methoxy groups -OCH3 is 1. The molecule has 0 spiro atoms. The molecule has 8 nitrogen and oxygen atoms in total. The number of hydrogen-bond donors (Lipinski definition) is 0. The molecule has 1 aliphatic carbocycles. The zero-order valence-electron chi connectivity index (χ0n) is 19.7. The van der Waals surface area contributed by atoms with Crippen LogP contribution in [0.25, 0.3) is 11.4 Å². The van der Waals surface area contributed by atoms with Crippen molar-refractivity contribution >= 4 is 23.4 Å². The summed E-state index contributed by atoms with van der Waals surface area (Å²) >= 11 is 5.98. The summed E-state index contributed by atoms with van der Waals surface area (Å²) in [6.07, 6.45) is 7.77. The molecule has 4 rings (SSSR count). The number of nitrogens with zero attached hydrogens (tertiary/aromatic N) is 4. The van der Waals surface area contributed by atoms with Crippen LogP contribution in [0.3, 0.4) is 0 Å². The van der Waals surface area contributed by atoms with Crippen LogP contribution in [0.15, 0.2) is 28.8 Å². The predicted octanol–water partition coefficient (Wildman–Crippen LogP) is 4.50. The van der Waals surface area contributed by atoms with Crippen LogP contribution >= 0.6 is 11.6 Å². The van der Waals surface area contributed by atoms with Crippen molar-refractivity contribution < 1.29 is 18.8 Å². The lowest BCUT2D eigenvalue weighted by Crippen LogP contribution is -2.48. The highest BCUT2D eigenvalue weighted by Gasteiger charge is 2.34. The van der Waals surface area contributed by atoms with Gasteiger partial charge in [0.1, 0.15) is 6.04 Å². The number of amides is 2. The largest absolute Gasteiger partial charge is 0.383 e. The number of benzene rings is 1. The minimum absolute atomic E-state index is 0.00781. The second-order valence-corrected chi connectivity index (χ2v) is 9.59. The van der Waals surface area contributed by atoms with Gasteiger partial charge in [-0.1, -0.05) is 36.0 Å². The molecule has 0 bridgehead atoms. The molecule has 1 atom stereocenters. The van der Waals surface area contributed by atoms with E-state index >= 15 is 0 Å². The Labute approximate surface area is 205 Å². The van der Waals surface area contributed by atoms with Gasteiger partial charge in [-0.15, -0.1) is 0 Å². The van der Waals surface area contributed by atoms with Crippen LogP contribution in [-0.4, -0.2) is 65.1 Å². The van der Waals surface area contributed by atoms with Crippen LogP contribution in [0.5, 0.6) is 0 Å². The average Bonchev–Trinajstić information content (AvgIpc) is 3.37. The molecule has 1 saturated carbocycles. The van der Waals surface area contributed by atoms with E-state index in [4.69, 9.17) is 20.9 Å². The molecule has 2 amide bonds. The summed E-state index contributed by atoms with van der Waals surface area (Å²) in [5, 5.41) is 4.76. The summed E-state index contributed by atoms with van der Waals surface area (Å²) in [6.45, 7) is 1.48. The minimum Gasteiger partial charge on any atom is -0.383 e. The smallest absolute Gasteiger partial charge is 0.249 e. The van der Waals surface area contributed by atoms with E-state index in [0.717, 1.165) is 50.5 Å². The van der Waals surface area contributed by atoms with Gasteiger partial charge in [-0.2, -0.15) is 4.98 Å². The lowest BCUT2D eigenvalue weighted by Gasteiger charge is -2.36. The Balaban J connectivity index is 1.47. The number of likely N-dealkylation sites (tertiary alicyclic amines) is 1. The topological polar surface area (TPSA) is 88.8 Å². The normalized spacial score (nSPS) is 19.2. The third-order valence-electron chi connectivity index (χ3n) is 6.81. The molecule has 1 aromatic carbocycles. The molecule has 0 N–H and O–H groups in total. The van der Waals surface area contributed by atoms with Gasteiger partial charge in [0, 0.05) is 36.7 Å². The third-order valence-corrected chi connectivity index (χ3v) is 7.06. The molecule has 2 heterocycles.